The number of amides is 3. The average molecular weight is 566 g/mol. The summed E-state index contributed by atoms with van der Waals surface area (Å²) >= 11 is 0. The fourth-order valence-corrected chi connectivity index (χ4v) is 6.32. The first kappa shape index (κ1) is 28.9. The van der Waals surface area contributed by atoms with E-state index in [4.69, 9.17) is 0 Å². The van der Waals surface area contributed by atoms with Crippen LogP contribution in [0.2, 0.25) is 0 Å². The quantitative estimate of drug-likeness (QED) is 0.380. The van der Waals surface area contributed by atoms with Crippen LogP contribution in [-0.4, -0.2) is 54.0 Å². The predicted molar refractivity (Wildman–Crippen MR) is 148 cm³/mol. The van der Waals surface area contributed by atoms with Gasteiger partial charge in [-0.2, -0.15) is 0 Å². The second-order valence-electron chi connectivity index (χ2n) is 9.96. The van der Waals surface area contributed by atoms with Crippen LogP contribution in [0.3, 0.4) is 0 Å². The first-order chi connectivity index (χ1) is 19.1. The van der Waals surface area contributed by atoms with Gasteiger partial charge < -0.3 is 10.2 Å². The molecule has 0 bridgehead atoms. The van der Waals surface area contributed by atoms with Gasteiger partial charge in [0.2, 0.25) is 11.8 Å². The Morgan fingerprint density at radius 1 is 0.950 bits per heavy atom. The highest BCUT2D eigenvalue weighted by atomic mass is 32.2. The van der Waals surface area contributed by atoms with Crippen LogP contribution in [0, 0.1) is 5.82 Å². The van der Waals surface area contributed by atoms with Crippen molar-refractivity contribution in [2.75, 3.05) is 6.54 Å². The standard InChI is InChI=1S/C30H32FN3O5S/c1-21(2)32-29(36)26(19-22-11-4-3-5-12-22)33(20-23-13-6-8-15-25(23)31)28(35)17-10-18-34-30(37)24-14-7-9-16-27(24)40(34,38)39/h3-9,11-16,21,26H,10,17-20H2,1-2H3,(H,32,36). The molecule has 3 amide bonds. The van der Waals surface area contributed by atoms with Crippen molar-refractivity contribution >= 4 is 27.7 Å². The van der Waals surface area contributed by atoms with E-state index < -0.39 is 33.7 Å². The summed E-state index contributed by atoms with van der Waals surface area (Å²) in [5.41, 5.74) is 1.17. The molecule has 0 radical (unpaired) electrons. The van der Waals surface area contributed by atoms with Crippen molar-refractivity contribution in [3.8, 4) is 0 Å². The van der Waals surface area contributed by atoms with E-state index in [9.17, 15) is 27.2 Å². The number of halogens is 1. The van der Waals surface area contributed by atoms with E-state index >= 15 is 0 Å². The smallest absolute Gasteiger partial charge is 0.269 e. The lowest BCUT2D eigenvalue weighted by atomic mass is 10.0. The molecule has 1 aliphatic heterocycles. The molecule has 3 aromatic carbocycles. The summed E-state index contributed by atoms with van der Waals surface area (Å²) in [5.74, 6) is -1.97. The summed E-state index contributed by atoms with van der Waals surface area (Å²) in [6, 6.07) is 20.1. The Bertz CT molecular complexity index is 1490. The Balaban J connectivity index is 1.57. The lowest BCUT2D eigenvalue weighted by Gasteiger charge is -2.32. The van der Waals surface area contributed by atoms with Gasteiger partial charge in [0.05, 0.1) is 5.56 Å². The van der Waals surface area contributed by atoms with Gasteiger partial charge in [-0.25, -0.2) is 17.1 Å². The van der Waals surface area contributed by atoms with Gasteiger partial charge in [0, 0.05) is 37.5 Å². The van der Waals surface area contributed by atoms with Gasteiger partial charge in [0.15, 0.2) is 0 Å². The molecule has 210 valence electrons. The summed E-state index contributed by atoms with van der Waals surface area (Å²) < 4.78 is 41.3. The lowest BCUT2D eigenvalue weighted by molar-refractivity contribution is -0.141. The monoisotopic (exact) mass is 565 g/mol. The number of hydrogen-bond donors (Lipinski definition) is 1. The van der Waals surface area contributed by atoms with E-state index in [1.807, 2.05) is 44.2 Å². The molecule has 10 heteroatoms. The fraction of sp³-hybridized carbons (Fsp3) is 0.300. The fourth-order valence-electron chi connectivity index (χ4n) is 4.71. The van der Waals surface area contributed by atoms with E-state index in [-0.39, 0.29) is 60.3 Å². The molecule has 3 aromatic rings. The lowest BCUT2D eigenvalue weighted by Crippen LogP contribution is -2.52. The van der Waals surface area contributed by atoms with Crippen molar-refractivity contribution in [2.45, 2.75) is 56.6 Å². The summed E-state index contributed by atoms with van der Waals surface area (Å²) in [6.07, 6.45) is 0.0909. The molecular formula is C30H32FN3O5S. The Hall–Kier alpha value is -4.05. The van der Waals surface area contributed by atoms with Crippen molar-refractivity contribution in [1.82, 2.24) is 14.5 Å². The summed E-state index contributed by atoms with van der Waals surface area (Å²) in [6.45, 7) is 3.27. The van der Waals surface area contributed by atoms with Gasteiger partial charge in [0.25, 0.3) is 15.9 Å². The van der Waals surface area contributed by atoms with Crippen molar-refractivity contribution < 1.29 is 27.2 Å². The Labute approximate surface area is 233 Å². The second-order valence-corrected chi connectivity index (χ2v) is 11.8. The van der Waals surface area contributed by atoms with Gasteiger partial charge in [-0.3, -0.25) is 14.4 Å². The number of nitrogens with one attached hydrogen (secondary N) is 1. The number of nitrogens with zero attached hydrogens (tertiary/aromatic N) is 2. The van der Waals surface area contributed by atoms with Gasteiger partial charge >= 0.3 is 0 Å². The highest BCUT2D eigenvalue weighted by Crippen LogP contribution is 2.30. The number of rotatable bonds is 11. The van der Waals surface area contributed by atoms with Crippen LogP contribution < -0.4 is 5.32 Å². The third-order valence-electron chi connectivity index (χ3n) is 6.66. The van der Waals surface area contributed by atoms with E-state index in [0.29, 0.717) is 0 Å². The second kappa shape index (κ2) is 12.4. The zero-order chi connectivity index (χ0) is 28.9. The molecule has 1 aliphatic rings. The molecule has 1 N–H and O–H groups in total. The number of fused-ring (bicyclic) bond motifs is 1. The third-order valence-corrected chi connectivity index (χ3v) is 8.50. The van der Waals surface area contributed by atoms with Gasteiger partial charge in [-0.05, 0) is 44.0 Å². The van der Waals surface area contributed by atoms with Crippen molar-refractivity contribution in [3.63, 3.8) is 0 Å². The van der Waals surface area contributed by atoms with Crippen molar-refractivity contribution in [2.24, 2.45) is 0 Å². The Morgan fingerprint density at radius 2 is 1.60 bits per heavy atom. The predicted octanol–water partition coefficient (Wildman–Crippen LogP) is 3.92. The van der Waals surface area contributed by atoms with Crippen LogP contribution in [-0.2, 0) is 32.6 Å². The SMILES string of the molecule is CC(C)NC(=O)C(Cc1ccccc1)N(Cc1ccccc1F)C(=O)CCCN1C(=O)c2ccccc2S1(=O)=O. The molecule has 0 aromatic heterocycles. The van der Waals surface area contributed by atoms with E-state index in [1.54, 1.807) is 30.3 Å². The zero-order valence-corrected chi connectivity index (χ0v) is 23.2. The molecule has 4 rings (SSSR count). The van der Waals surface area contributed by atoms with Crippen LogP contribution in [0.25, 0.3) is 0 Å². The molecule has 40 heavy (non-hydrogen) atoms. The highest BCUT2D eigenvalue weighted by Gasteiger charge is 2.40. The molecule has 0 saturated carbocycles. The molecule has 1 atom stereocenters. The summed E-state index contributed by atoms with van der Waals surface area (Å²) in [5, 5.41) is 2.87. The minimum atomic E-state index is -4.01. The number of hydrogen-bond acceptors (Lipinski definition) is 5. The maximum atomic E-state index is 14.7. The Morgan fingerprint density at radius 3 is 2.27 bits per heavy atom. The normalized spacial score (nSPS) is 14.6. The highest BCUT2D eigenvalue weighted by molar-refractivity contribution is 7.90. The first-order valence-corrected chi connectivity index (χ1v) is 14.6. The minimum absolute atomic E-state index is 0.0371. The minimum Gasteiger partial charge on any atom is -0.352 e. The molecule has 1 unspecified atom stereocenters. The van der Waals surface area contributed by atoms with Crippen LogP contribution >= 0.6 is 0 Å². The van der Waals surface area contributed by atoms with Crippen molar-refractivity contribution in [1.29, 1.82) is 0 Å². The molecule has 1 heterocycles. The van der Waals surface area contributed by atoms with Crippen LogP contribution in [0.15, 0.2) is 83.8 Å². The van der Waals surface area contributed by atoms with E-state index in [2.05, 4.69) is 5.32 Å². The summed E-state index contributed by atoms with van der Waals surface area (Å²) in [4.78, 5) is 41.1. The zero-order valence-electron chi connectivity index (χ0n) is 22.4. The average Bonchev–Trinajstić information content (AvgIpc) is 3.12. The Kier molecular flexibility index (Phi) is 8.99. The van der Waals surface area contributed by atoms with E-state index in [1.165, 1.54) is 23.1 Å². The third kappa shape index (κ3) is 6.39. The molecule has 0 aliphatic carbocycles. The maximum absolute atomic E-state index is 14.7. The van der Waals surface area contributed by atoms with Crippen LogP contribution in [0.4, 0.5) is 4.39 Å². The van der Waals surface area contributed by atoms with Crippen LogP contribution in [0.1, 0.15) is 48.2 Å². The molecule has 0 saturated heterocycles. The maximum Gasteiger partial charge on any atom is 0.269 e. The molecule has 8 nitrogen and oxygen atoms in total. The summed E-state index contributed by atoms with van der Waals surface area (Å²) in [7, 11) is -4.01. The molecular weight excluding hydrogens is 533 g/mol. The van der Waals surface area contributed by atoms with Crippen molar-refractivity contribution in [3.05, 3.63) is 101 Å². The number of sulfonamides is 1. The number of carbonyl (C=O) groups excluding carboxylic acids is 3. The topological polar surface area (TPSA) is 104 Å². The first-order valence-electron chi connectivity index (χ1n) is 13.1. The van der Waals surface area contributed by atoms with Gasteiger partial charge in [0.1, 0.15) is 16.8 Å². The largest absolute Gasteiger partial charge is 0.352 e. The van der Waals surface area contributed by atoms with Gasteiger partial charge in [-0.1, -0.05) is 60.7 Å². The molecule has 0 spiro atoms. The van der Waals surface area contributed by atoms with Gasteiger partial charge in [-0.15, -0.1) is 0 Å². The molecule has 0 fully saturated rings. The number of benzene rings is 3. The van der Waals surface area contributed by atoms with E-state index in [0.717, 1.165) is 9.87 Å². The number of carbonyl (C=O) groups is 3. The van der Waals surface area contributed by atoms with Crippen LogP contribution in [0.5, 0.6) is 0 Å².